The molecule has 0 radical (unpaired) electrons. The van der Waals surface area contributed by atoms with Crippen LogP contribution in [-0.2, 0) is 0 Å². The van der Waals surface area contributed by atoms with E-state index in [-0.39, 0.29) is 0 Å². The van der Waals surface area contributed by atoms with Crippen molar-refractivity contribution in [3.05, 3.63) is 15.1 Å². The Morgan fingerprint density at radius 3 is 2.67 bits per heavy atom. The van der Waals surface area contributed by atoms with Gasteiger partial charge in [0, 0.05) is 35.9 Å². The molecule has 2 N–H and O–H groups in total. The zero-order chi connectivity index (χ0) is 9.14. The van der Waals surface area contributed by atoms with Gasteiger partial charge >= 0.3 is 0 Å². The van der Waals surface area contributed by atoms with Crippen molar-refractivity contribution in [2.45, 2.75) is 6.92 Å². The van der Waals surface area contributed by atoms with Crippen molar-refractivity contribution < 1.29 is 0 Å². The number of nitrogens with one attached hydrogen (secondary N) is 2. The molecule has 1 heterocycles. The Kier molecular flexibility index (Phi) is 2.96. The maximum atomic E-state index is 7.15. The van der Waals surface area contributed by atoms with Gasteiger partial charge in [0.25, 0.3) is 0 Å². The molecule has 1 aromatic rings. The Morgan fingerprint density at radius 1 is 1.50 bits per heavy atom. The Balaban J connectivity index is 3.33. The highest BCUT2D eigenvalue weighted by atomic mass is 127. The smallest absolute Gasteiger partial charge is 0.192 e. The molecule has 0 amide bonds. The van der Waals surface area contributed by atoms with Crippen LogP contribution in [0, 0.1) is 16.2 Å². The first kappa shape index (κ1) is 9.37. The van der Waals surface area contributed by atoms with Gasteiger partial charge in [-0.2, -0.15) is 0 Å². The summed E-state index contributed by atoms with van der Waals surface area (Å²) < 4.78 is 0.694. The lowest BCUT2D eigenvalue weighted by Gasteiger charge is -2.05. The maximum absolute atomic E-state index is 7.15. The Bertz CT molecular complexity index is 311. The third kappa shape index (κ3) is 1.71. The molecular formula is C7H9IN4. The zero-order valence-electron chi connectivity index (χ0n) is 6.85. The minimum absolute atomic E-state index is 0.694. The summed E-state index contributed by atoms with van der Waals surface area (Å²) in [6, 6.07) is 0. The molecule has 0 aliphatic rings. The summed E-state index contributed by atoms with van der Waals surface area (Å²) in [4.78, 5) is 8.27. The quantitative estimate of drug-likeness (QED) is 0.488. The van der Waals surface area contributed by atoms with E-state index in [4.69, 9.17) is 5.41 Å². The third-order valence-corrected chi connectivity index (χ3v) is 1.97. The molecule has 0 fully saturated rings. The molecule has 4 nitrogen and oxygen atoms in total. The van der Waals surface area contributed by atoms with Gasteiger partial charge in [-0.25, -0.2) is 9.97 Å². The van der Waals surface area contributed by atoms with Crippen molar-refractivity contribution in [3.8, 4) is 0 Å². The molecular weight excluding hydrogens is 267 g/mol. The van der Waals surface area contributed by atoms with Crippen LogP contribution in [0.1, 0.15) is 11.3 Å². The van der Waals surface area contributed by atoms with E-state index in [0.717, 1.165) is 11.3 Å². The van der Waals surface area contributed by atoms with Crippen LogP contribution in [0.25, 0.3) is 0 Å². The fourth-order valence-electron chi connectivity index (χ4n) is 0.911. The number of hydrogen-bond donors (Lipinski definition) is 2. The maximum Gasteiger partial charge on any atom is 0.192 e. The van der Waals surface area contributed by atoms with Crippen molar-refractivity contribution in [2.24, 2.45) is 0 Å². The van der Waals surface area contributed by atoms with E-state index in [1.165, 1.54) is 6.21 Å². The normalized spacial score (nSPS) is 9.58. The Labute approximate surface area is 84.5 Å². The van der Waals surface area contributed by atoms with E-state index in [1.54, 1.807) is 7.05 Å². The van der Waals surface area contributed by atoms with Crippen LogP contribution < -0.4 is 5.32 Å². The van der Waals surface area contributed by atoms with E-state index in [2.05, 4.69) is 37.9 Å². The average molecular weight is 276 g/mol. The molecule has 0 unspecified atom stereocenters. The molecule has 0 bridgehead atoms. The fraction of sp³-hybridized carbons (Fsp3) is 0.286. The topological polar surface area (TPSA) is 61.7 Å². The molecule has 1 aromatic heterocycles. The van der Waals surface area contributed by atoms with Crippen molar-refractivity contribution >= 4 is 34.6 Å². The first-order valence-corrected chi connectivity index (χ1v) is 4.49. The van der Waals surface area contributed by atoms with Crippen molar-refractivity contribution in [1.82, 2.24) is 9.97 Å². The van der Waals surface area contributed by atoms with Crippen LogP contribution in [0.5, 0.6) is 0 Å². The lowest BCUT2D eigenvalue weighted by atomic mass is 10.2. The number of rotatable bonds is 2. The van der Waals surface area contributed by atoms with Gasteiger partial charge in [0.05, 0.1) is 11.3 Å². The highest BCUT2D eigenvalue weighted by molar-refractivity contribution is 14.1. The molecule has 1 rings (SSSR count). The van der Waals surface area contributed by atoms with Gasteiger partial charge in [0.2, 0.25) is 0 Å². The largest absolute Gasteiger partial charge is 0.372 e. The molecule has 0 saturated heterocycles. The summed E-state index contributed by atoms with van der Waals surface area (Å²) in [6.45, 7) is 1.87. The first-order chi connectivity index (χ1) is 5.69. The SMILES string of the molecule is CNc1nc(I)nc(C)c1C=N. The molecule has 0 saturated carbocycles. The number of halogens is 1. The van der Waals surface area contributed by atoms with E-state index >= 15 is 0 Å². The second kappa shape index (κ2) is 3.79. The van der Waals surface area contributed by atoms with Gasteiger partial charge in [-0.05, 0) is 6.92 Å². The van der Waals surface area contributed by atoms with Crippen LogP contribution in [0.2, 0.25) is 0 Å². The Hall–Kier alpha value is -0.720. The average Bonchev–Trinajstić information content (AvgIpc) is 2.03. The number of hydrogen-bond acceptors (Lipinski definition) is 4. The molecule has 0 aliphatic heterocycles. The third-order valence-electron chi connectivity index (χ3n) is 1.49. The minimum Gasteiger partial charge on any atom is -0.372 e. The van der Waals surface area contributed by atoms with Crippen LogP contribution >= 0.6 is 22.6 Å². The first-order valence-electron chi connectivity index (χ1n) is 3.41. The highest BCUT2D eigenvalue weighted by Gasteiger charge is 2.05. The van der Waals surface area contributed by atoms with Crippen molar-refractivity contribution in [2.75, 3.05) is 12.4 Å². The second-order valence-corrected chi connectivity index (χ2v) is 3.20. The summed E-state index contributed by atoms with van der Waals surface area (Å²) in [7, 11) is 1.78. The predicted molar refractivity (Wildman–Crippen MR) is 56.9 cm³/mol. The summed E-state index contributed by atoms with van der Waals surface area (Å²) in [5.74, 6) is 0.710. The fourth-order valence-corrected chi connectivity index (χ4v) is 1.51. The van der Waals surface area contributed by atoms with Crippen molar-refractivity contribution in [1.29, 1.82) is 5.41 Å². The lowest BCUT2D eigenvalue weighted by Crippen LogP contribution is -2.04. The number of nitrogens with zero attached hydrogens (tertiary/aromatic N) is 2. The van der Waals surface area contributed by atoms with Gasteiger partial charge in [-0.15, -0.1) is 0 Å². The van der Waals surface area contributed by atoms with Crippen LogP contribution in [0.4, 0.5) is 5.82 Å². The molecule has 64 valence electrons. The summed E-state index contributed by atoms with van der Waals surface area (Å²) in [5, 5.41) is 10.1. The second-order valence-electron chi connectivity index (χ2n) is 2.23. The van der Waals surface area contributed by atoms with Gasteiger partial charge < -0.3 is 10.7 Å². The van der Waals surface area contributed by atoms with Gasteiger partial charge in [-0.1, -0.05) is 0 Å². The minimum atomic E-state index is 0.694. The summed E-state index contributed by atoms with van der Waals surface area (Å²) in [5.41, 5.74) is 1.58. The lowest BCUT2D eigenvalue weighted by molar-refractivity contribution is 1.04. The number of aromatic nitrogens is 2. The molecule has 0 aliphatic carbocycles. The number of aryl methyl sites for hydroxylation is 1. The zero-order valence-corrected chi connectivity index (χ0v) is 9.01. The van der Waals surface area contributed by atoms with Gasteiger partial charge in [0.1, 0.15) is 5.82 Å². The monoisotopic (exact) mass is 276 g/mol. The van der Waals surface area contributed by atoms with Crippen molar-refractivity contribution in [3.63, 3.8) is 0 Å². The van der Waals surface area contributed by atoms with Crippen LogP contribution in [-0.4, -0.2) is 23.2 Å². The van der Waals surface area contributed by atoms with E-state index in [1.807, 2.05) is 6.92 Å². The highest BCUT2D eigenvalue weighted by Crippen LogP contribution is 2.13. The van der Waals surface area contributed by atoms with Gasteiger partial charge in [-0.3, -0.25) is 0 Å². The van der Waals surface area contributed by atoms with E-state index < -0.39 is 0 Å². The molecule has 0 aromatic carbocycles. The molecule has 12 heavy (non-hydrogen) atoms. The molecule has 0 spiro atoms. The van der Waals surface area contributed by atoms with E-state index in [0.29, 0.717) is 9.65 Å². The number of anilines is 1. The Morgan fingerprint density at radius 2 is 2.17 bits per heavy atom. The summed E-state index contributed by atoms with van der Waals surface area (Å²) in [6.07, 6.45) is 1.26. The van der Waals surface area contributed by atoms with Gasteiger partial charge in [0.15, 0.2) is 3.83 Å². The molecule has 0 atom stereocenters. The standard InChI is InChI=1S/C7H9IN4/c1-4-5(3-9)6(10-2)12-7(8)11-4/h3,9H,1-2H3,(H,10,11,12). The van der Waals surface area contributed by atoms with E-state index in [9.17, 15) is 0 Å². The predicted octanol–water partition coefficient (Wildman–Crippen LogP) is 1.43. The summed E-state index contributed by atoms with van der Waals surface area (Å²) >= 11 is 2.05. The van der Waals surface area contributed by atoms with Crippen LogP contribution in [0.3, 0.4) is 0 Å². The molecule has 5 heteroatoms. The van der Waals surface area contributed by atoms with Crippen LogP contribution in [0.15, 0.2) is 0 Å².